The lowest BCUT2D eigenvalue weighted by molar-refractivity contribution is -0.107. The highest BCUT2D eigenvalue weighted by Crippen LogP contribution is 2.10. The molecule has 0 bridgehead atoms. The Morgan fingerprint density at radius 3 is 2.31 bits per heavy atom. The Labute approximate surface area is 94.4 Å². The molecule has 0 aliphatic rings. The summed E-state index contributed by atoms with van der Waals surface area (Å²) in [5, 5.41) is 0. The van der Waals surface area contributed by atoms with Crippen LogP contribution in [0.25, 0.3) is 0 Å². The van der Waals surface area contributed by atoms with Gasteiger partial charge in [-0.05, 0) is 37.2 Å². The SMILES string of the molecule is C/C(=C\CC/C(C)=C/I)CCC=O. The van der Waals surface area contributed by atoms with E-state index in [0.717, 1.165) is 25.5 Å². The molecular weight excluding hydrogens is 275 g/mol. The van der Waals surface area contributed by atoms with E-state index >= 15 is 0 Å². The number of hydrogen-bond donors (Lipinski definition) is 0. The lowest BCUT2D eigenvalue weighted by atomic mass is 10.1. The molecule has 74 valence electrons. The minimum atomic E-state index is 0.656. The van der Waals surface area contributed by atoms with Crippen LogP contribution in [0.15, 0.2) is 21.3 Å². The van der Waals surface area contributed by atoms with Crippen molar-refractivity contribution in [3.8, 4) is 0 Å². The Kier molecular flexibility index (Phi) is 8.40. The first-order valence-corrected chi connectivity index (χ1v) is 5.80. The molecule has 1 nitrogen and oxygen atoms in total. The van der Waals surface area contributed by atoms with E-state index in [2.05, 4.69) is 46.6 Å². The van der Waals surface area contributed by atoms with E-state index in [1.165, 1.54) is 11.1 Å². The predicted octanol–water partition coefficient (Wildman–Crippen LogP) is 4.03. The quantitative estimate of drug-likeness (QED) is 0.410. The van der Waals surface area contributed by atoms with E-state index in [1.807, 2.05) is 0 Å². The van der Waals surface area contributed by atoms with Crippen molar-refractivity contribution >= 4 is 28.9 Å². The summed E-state index contributed by atoms with van der Waals surface area (Å²) in [4.78, 5) is 10.1. The molecule has 0 unspecified atom stereocenters. The summed E-state index contributed by atoms with van der Waals surface area (Å²) >= 11 is 2.26. The molecule has 2 heteroatoms. The monoisotopic (exact) mass is 292 g/mol. The summed E-state index contributed by atoms with van der Waals surface area (Å²) in [5.41, 5.74) is 2.74. The van der Waals surface area contributed by atoms with E-state index in [-0.39, 0.29) is 0 Å². The van der Waals surface area contributed by atoms with Gasteiger partial charge in [-0.15, -0.1) is 0 Å². The zero-order valence-electron chi connectivity index (χ0n) is 8.35. The van der Waals surface area contributed by atoms with Gasteiger partial charge in [-0.3, -0.25) is 0 Å². The Bertz CT molecular complexity index is 204. The van der Waals surface area contributed by atoms with Gasteiger partial charge in [0.1, 0.15) is 6.29 Å². The maximum Gasteiger partial charge on any atom is 0.120 e. The van der Waals surface area contributed by atoms with Gasteiger partial charge in [-0.2, -0.15) is 0 Å². The Hall–Kier alpha value is -0.120. The Balaban J connectivity index is 3.64. The molecule has 0 N–H and O–H groups in total. The zero-order chi connectivity index (χ0) is 10.1. The van der Waals surface area contributed by atoms with Crippen LogP contribution in [0.5, 0.6) is 0 Å². The summed E-state index contributed by atoms with van der Waals surface area (Å²) < 4.78 is 2.12. The molecule has 0 heterocycles. The molecule has 0 rings (SSSR count). The molecule has 0 aliphatic heterocycles. The molecule has 0 aliphatic carbocycles. The third kappa shape index (κ3) is 8.22. The van der Waals surface area contributed by atoms with Crippen molar-refractivity contribution in [2.24, 2.45) is 0 Å². The smallest absolute Gasteiger partial charge is 0.120 e. The van der Waals surface area contributed by atoms with Crippen LogP contribution in [0, 0.1) is 0 Å². The Morgan fingerprint density at radius 1 is 1.15 bits per heavy atom. The summed E-state index contributed by atoms with van der Waals surface area (Å²) in [6, 6.07) is 0. The van der Waals surface area contributed by atoms with Gasteiger partial charge < -0.3 is 4.79 Å². The van der Waals surface area contributed by atoms with Gasteiger partial charge in [0.25, 0.3) is 0 Å². The molecule has 0 saturated heterocycles. The van der Waals surface area contributed by atoms with Crippen molar-refractivity contribution < 1.29 is 4.79 Å². The maximum absolute atomic E-state index is 10.1. The van der Waals surface area contributed by atoms with Gasteiger partial charge in [-0.25, -0.2) is 0 Å². The Morgan fingerprint density at radius 2 is 1.77 bits per heavy atom. The number of rotatable bonds is 6. The molecular formula is C11H17IO. The van der Waals surface area contributed by atoms with Crippen molar-refractivity contribution in [1.29, 1.82) is 0 Å². The number of hydrogen-bond acceptors (Lipinski definition) is 1. The standard InChI is InChI=1S/C11H17IO/c1-10(7-4-8-13)5-3-6-11(2)9-12/h5,8-9H,3-4,6-7H2,1-2H3/b10-5+,11-9+. The van der Waals surface area contributed by atoms with Gasteiger partial charge >= 0.3 is 0 Å². The summed E-state index contributed by atoms with van der Waals surface area (Å²) in [6.07, 6.45) is 7.00. The average Bonchev–Trinajstić information content (AvgIpc) is 2.14. The van der Waals surface area contributed by atoms with Crippen molar-refractivity contribution in [3.63, 3.8) is 0 Å². The van der Waals surface area contributed by atoms with Crippen molar-refractivity contribution in [1.82, 2.24) is 0 Å². The van der Waals surface area contributed by atoms with E-state index < -0.39 is 0 Å². The van der Waals surface area contributed by atoms with Gasteiger partial charge in [0, 0.05) is 6.42 Å². The van der Waals surface area contributed by atoms with Gasteiger partial charge in [0.05, 0.1) is 0 Å². The lowest BCUT2D eigenvalue weighted by Gasteiger charge is -1.98. The molecule has 0 saturated carbocycles. The maximum atomic E-state index is 10.1. The van der Waals surface area contributed by atoms with Crippen molar-refractivity contribution in [2.75, 3.05) is 0 Å². The summed E-state index contributed by atoms with van der Waals surface area (Å²) in [6.45, 7) is 4.23. The van der Waals surface area contributed by atoms with Crippen LogP contribution in [0.3, 0.4) is 0 Å². The largest absolute Gasteiger partial charge is 0.303 e. The highest BCUT2D eigenvalue weighted by molar-refractivity contribution is 14.1. The fraction of sp³-hybridized carbons (Fsp3) is 0.545. The van der Waals surface area contributed by atoms with Gasteiger partial charge in [0.15, 0.2) is 0 Å². The third-order valence-electron chi connectivity index (χ3n) is 1.87. The molecule has 13 heavy (non-hydrogen) atoms. The highest BCUT2D eigenvalue weighted by Gasteiger charge is 1.90. The van der Waals surface area contributed by atoms with E-state index in [4.69, 9.17) is 0 Å². The van der Waals surface area contributed by atoms with E-state index in [9.17, 15) is 4.79 Å². The molecule has 0 aromatic rings. The second-order valence-electron chi connectivity index (χ2n) is 3.25. The molecule has 0 atom stereocenters. The fourth-order valence-electron chi connectivity index (χ4n) is 0.989. The van der Waals surface area contributed by atoms with E-state index in [0.29, 0.717) is 6.42 Å². The number of aldehydes is 1. The molecule has 0 aromatic carbocycles. The summed E-state index contributed by atoms with van der Waals surface area (Å²) in [5.74, 6) is 0. The van der Waals surface area contributed by atoms with Gasteiger partial charge in [-0.1, -0.05) is 39.8 Å². The van der Waals surface area contributed by atoms with Crippen LogP contribution in [0.4, 0.5) is 0 Å². The normalized spacial score (nSPS) is 13.2. The van der Waals surface area contributed by atoms with Crippen LogP contribution < -0.4 is 0 Å². The fourth-order valence-corrected chi connectivity index (χ4v) is 1.30. The third-order valence-corrected chi connectivity index (χ3v) is 2.94. The first kappa shape index (κ1) is 12.9. The predicted molar refractivity (Wildman–Crippen MR) is 66.1 cm³/mol. The van der Waals surface area contributed by atoms with Crippen LogP contribution in [0.1, 0.15) is 39.5 Å². The van der Waals surface area contributed by atoms with Crippen LogP contribution in [0.2, 0.25) is 0 Å². The van der Waals surface area contributed by atoms with Crippen LogP contribution in [-0.4, -0.2) is 6.29 Å². The lowest BCUT2D eigenvalue weighted by Crippen LogP contribution is -1.81. The second kappa shape index (κ2) is 8.48. The molecule has 0 fully saturated rings. The van der Waals surface area contributed by atoms with Crippen LogP contribution >= 0.6 is 22.6 Å². The van der Waals surface area contributed by atoms with Crippen molar-refractivity contribution in [2.45, 2.75) is 39.5 Å². The number of halogens is 1. The topological polar surface area (TPSA) is 17.1 Å². The first-order valence-electron chi connectivity index (χ1n) is 4.55. The minimum Gasteiger partial charge on any atom is -0.303 e. The molecule has 0 radical (unpaired) electrons. The zero-order valence-corrected chi connectivity index (χ0v) is 10.5. The number of carbonyl (C=O) groups excluding carboxylic acids is 1. The second-order valence-corrected chi connectivity index (χ2v) is 3.87. The van der Waals surface area contributed by atoms with Gasteiger partial charge in [0.2, 0.25) is 0 Å². The highest BCUT2D eigenvalue weighted by atomic mass is 127. The minimum absolute atomic E-state index is 0.656. The molecule has 0 aromatic heterocycles. The summed E-state index contributed by atoms with van der Waals surface area (Å²) in [7, 11) is 0. The van der Waals surface area contributed by atoms with Crippen LogP contribution in [-0.2, 0) is 4.79 Å². The average molecular weight is 292 g/mol. The number of carbonyl (C=O) groups is 1. The molecule has 0 spiro atoms. The number of allylic oxidation sites excluding steroid dienone is 3. The van der Waals surface area contributed by atoms with Crippen molar-refractivity contribution in [3.05, 3.63) is 21.3 Å². The van der Waals surface area contributed by atoms with E-state index in [1.54, 1.807) is 0 Å². The molecule has 0 amide bonds. The first-order chi connectivity index (χ1) is 6.20.